The predicted molar refractivity (Wildman–Crippen MR) is 63.7 cm³/mol. The van der Waals surface area contributed by atoms with Crippen molar-refractivity contribution in [2.24, 2.45) is 5.92 Å². The number of hydrogen-bond acceptors (Lipinski definition) is 1. The Bertz CT molecular complexity index is 171. The molecule has 1 fully saturated rings. The molecule has 0 aromatic rings. The van der Waals surface area contributed by atoms with Crippen molar-refractivity contribution < 1.29 is 0 Å². The SMILES string of the molecule is CC(=CCl)CNCCCC1CCCC1. The summed E-state index contributed by atoms with van der Waals surface area (Å²) in [5, 5.41) is 3.41. The molecule has 2 heteroatoms. The molecule has 14 heavy (non-hydrogen) atoms. The molecule has 0 saturated heterocycles. The van der Waals surface area contributed by atoms with Crippen LogP contribution in [0, 0.1) is 5.92 Å². The van der Waals surface area contributed by atoms with Crippen molar-refractivity contribution in [2.45, 2.75) is 45.4 Å². The monoisotopic (exact) mass is 215 g/mol. The molecule has 0 heterocycles. The molecule has 0 bridgehead atoms. The highest BCUT2D eigenvalue weighted by atomic mass is 35.5. The van der Waals surface area contributed by atoms with Crippen LogP contribution in [0.15, 0.2) is 11.1 Å². The van der Waals surface area contributed by atoms with Crippen LogP contribution in [0.1, 0.15) is 45.4 Å². The van der Waals surface area contributed by atoms with Gasteiger partial charge in [-0.3, -0.25) is 0 Å². The standard InChI is InChI=1S/C12H22ClN/c1-11(9-13)10-14-8-4-7-12-5-2-3-6-12/h9,12,14H,2-8,10H2,1H3. The van der Waals surface area contributed by atoms with E-state index in [1.54, 1.807) is 5.54 Å². The van der Waals surface area contributed by atoms with Crippen LogP contribution in [0.4, 0.5) is 0 Å². The molecule has 82 valence electrons. The van der Waals surface area contributed by atoms with Gasteiger partial charge in [0.2, 0.25) is 0 Å². The summed E-state index contributed by atoms with van der Waals surface area (Å²) in [4.78, 5) is 0. The molecule has 0 amide bonds. The third-order valence-corrected chi connectivity index (χ3v) is 3.40. The smallest absolute Gasteiger partial charge is 0.0173 e. The summed E-state index contributed by atoms with van der Waals surface area (Å²) in [6.45, 7) is 4.13. The van der Waals surface area contributed by atoms with Crippen LogP contribution in [-0.4, -0.2) is 13.1 Å². The summed E-state index contributed by atoms with van der Waals surface area (Å²) < 4.78 is 0. The third kappa shape index (κ3) is 5.02. The highest BCUT2D eigenvalue weighted by molar-refractivity contribution is 6.25. The largest absolute Gasteiger partial charge is 0.313 e. The van der Waals surface area contributed by atoms with Gasteiger partial charge in [0.25, 0.3) is 0 Å². The Labute approximate surface area is 92.9 Å². The van der Waals surface area contributed by atoms with Crippen LogP contribution >= 0.6 is 11.6 Å². The lowest BCUT2D eigenvalue weighted by Crippen LogP contribution is -2.17. The number of hydrogen-bond donors (Lipinski definition) is 1. The zero-order valence-corrected chi connectivity index (χ0v) is 9.95. The maximum Gasteiger partial charge on any atom is 0.0173 e. The Morgan fingerprint density at radius 3 is 2.79 bits per heavy atom. The highest BCUT2D eigenvalue weighted by Gasteiger charge is 2.13. The summed E-state index contributed by atoms with van der Waals surface area (Å²) in [6.07, 6.45) is 8.61. The molecule has 1 N–H and O–H groups in total. The van der Waals surface area contributed by atoms with Gasteiger partial charge in [-0.1, -0.05) is 37.3 Å². The van der Waals surface area contributed by atoms with Gasteiger partial charge in [-0.2, -0.15) is 0 Å². The molecular weight excluding hydrogens is 194 g/mol. The van der Waals surface area contributed by atoms with E-state index in [0.29, 0.717) is 0 Å². The number of rotatable bonds is 6. The van der Waals surface area contributed by atoms with E-state index in [9.17, 15) is 0 Å². The first-order valence-electron chi connectivity index (χ1n) is 5.79. The summed E-state index contributed by atoms with van der Waals surface area (Å²) in [7, 11) is 0. The second kappa shape index (κ2) is 7.30. The fraction of sp³-hybridized carbons (Fsp3) is 0.833. The Kier molecular flexibility index (Phi) is 6.29. The number of halogens is 1. The van der Waals surface area contributed by atoms with Crippen LogP contribution < -0.4 is 5.32 Å². The van der Waals surface area contributed by atoms with Crippen LogP contribution in [-0.2, 0) is 0 Å². The van der Waals surface area contributed by atoms with E-state index < -0.39 is 0 Å². The lowest BCUT2D eigenvalue weighted by atomic mass is 10.0. The molecule has 1 saturated carbocycles. The van der Waals surface area contributed by atoms with E-state index in [2.05, 4.69) is 12.2 Å². The number of nitrogens with one attached hydrogen (secondary N) is 1. The molecule has 0 aromatic carbocycles. The van der Waals surface area contributed by atoms with E-state index in [4.69, 9.17) is 11.6 Å². The Balaban J connectivity index is 1.89. The first-order valence-corrected chi connectivity index (χ1v) is 6.23. The van der Waals surface area contributed by atoms with Crippen molar-refractivity contribution in [2.75, 3.05) is 13.1 Å². The molecule has 0 aromatic heterocycles. The fourth-order valence-corrected chi connectivity index (χ4v) is 2.22. The maximum atomic E-state index is 5.57. The van der Waals surface area contributed by atoms with Gasteiger partial charge in [-0.25, -0.2) is 0 Å². The van der Waals surface area contributed by atoms with Crippen molar-refractivity contribution in [1.29, 1.82) is 0 Å². The minimum absolute atomic E-state index is 0.939. The molecule has 1 nitrogen and oxygen atoms in total. The Hall–Kier alpha value is -0.0100. The lowest BCUT2D eigenvalue weighted by molar-refractivity contribution is 0.474. The molecule has 0 unspecified atom stereocenters. The molecule has 1 aliphatic rings. The lowest BCUT2D eigenvalue weighted by Gasteiger charge is -2.09. The normalized spacial score (nSPS) is 19.1. The Morgan fingerprint density at radius 1 is 1.43 bits per heavy atom. The van der Waals surface area contributed by atoms with E-state index in [1.165, 1.54) is 44.1 Å². The second-order valence-electron chi connectivity index (χ2n) is 4.42. The van der Waals surface area contributed by atoms with Gasteiger partial charge in [-0.15, -0.1) is 0 Å². The molecule has 1 aliphatic carbocycles. The quantitative estimate of drug-likeness (QED) is 0.667. The van der Waals surface area contributed by atoms with Crippen LogP contribution in [0.2, 0.25) is 0 Å². The van der Waals surface area contributed by atoms with Gasteiger partial charge >= 0.3 is 0 Å². The molecule has 0 atom stereocenters. The zero-order chi connectivity index (χ0) is 10.2. The first-order chi connectivity index (χ1) is 6.83. The molecule has 0 spiro atoms. The highest BCUT2D eigenvalue weighted by Crippen LogP contribution is 2.28. The predicted octanol–water partition coefficient (Wildman–Crippen LogP) is 3.69. The van der Waals surface area contributed by atoms with Gasteiger partial charge < -0.3 is 5.32 Å². The summed E-state index contributed by atoms with van der Waals surface area (Å²) >= 11 is 5.57. The van der Waals surface area contributed by atoms with Crippen LogP contribution in [0.5, 0.6) is 0 Å². The van der Waals surface area contributed by atoms with E-state index in [-0.39, 0.29) is 0 Å². The van der Waals surface area contributed by atoms with Crippen molar-refractivity contribution in [1.82, 2.24) is 5.32 Å². The second-order valence-corrected chi connectivity index (χ2v) is 4.64. The van der Waals surface area contributed by atoms with E-state index >= 15 is 0 Å². The maximum absolute atomic E-state index is 5.57. The van der Waals surface area contributed by atoms with Gasteiger partial charge in [-0.05, 0) is 37.8 Å². The minimum atomic E-state index is 0.939. The zero-order valence-electron chi connectivity index (χ0n) is 9.19. The molecule has 0 radical (unpaired) electrons. The van der Waals surface area contributed by atoms with Crippen molar-refractivity contribution in [3.8, 4) is 0 Å². The fourth-order valence-electron chi connectivity index (χ4n) is 2.14. The van der Waals surface area contributed by atoms with Gasteiger partial charge in [0.1, 0.15) is 0 Å². The summed E-state index contributed by atoms with van der Waals surface area (Å²) in [6, 6.07) is 0. The minimum Gasteiger partial charge on any atom is -0.313 e. The van der Waals surface area contributed by atoms with E-state index in [0.717, 1.165) is 19.0 Å². The molecular formula is C12H22ClN. The Morgan fingerprint density at radius 2 is 2.14 bits per heavy atom. The topological polar surface area (TPSA) is 12.0 Å². The third-order valence-electron chi connectivity index (χ3n) is 3.03. The van der Waals surface area contributed by atoms with Gasteiger partial charge in [0.15, 0.2) is 0 Å². The van der Waals surface area contributed by atoms with Crippen molar-refractivity contribution >= 4 is 11.6 Å². The summed E-state index contributed by atoms with van der Waals surface area (Å²) in [5.74, 6) is 1.03. The first kappa shape index (κ1) is 12.1. The average Bonchev–Trinajstić information content (AvgIpc) is 2.69. The summed E-state index contributed by atoms with van der Waals surface area (Å²) in [5.41, 5.74) is 2.87. The van der Waals surface area contributed by atoms with Crippen molar-refractivity contribution in [3.05, 3.63) is 11.1 Å². The van der Waals surface area contributed by atoms with Crippen LogP contribution in [0.25, 0.3) is 0 Å². The molecule has 0 aliphatic heterocycles. The molecule has 1 rings (SSSR count). The van der Waals surface area contributed by atoms with E-state index in [1.807, 2.05) is 0 Å². The van der Waals surface area contributed by atoms with Gasteiger partial charge in [0, 0.05) is 12.1 Å². The van der Waals surface area contributed by atoms with Crippen molar-refractivity contribution in [3.63, 3.8) is 0 Å². The van der Waals surface area contributed by atoms with Gasteiger partial charge in [0.05, 0.1) is 0 Å². The average molecular weight is 216 g/mol. The van der Waals surface area contributed by atoms with Crippen LogP contribution in [0.3, 0.4) is 0 Å².